The molecule has 1 aliphatic carbocycles. The number of Topliss-reactive ketones (excluding diaryl/α,β-unsaturated/α-hetero) is 1. The zero-order valence-corrected chi connectivity index (χ0v) is 7.95. The molecule has 2 N–H and O–H groups in total. The summed E-state index contributed by atoms with van der Waals surface area (Å²) in [4.78, 5) is 11.2. The lowest BCUT2D eigenvalue weighted by atomic mass is 9.91. The first-order valence-corrected chi connectivity index (χ1v) is 4.76. The number of benzene rings is 1. The minimum atomic E-state index is 0.192. The summed E-state index contributed by atoms with van der Waals surface area (Å²) in [7, 11) is 0. The molecule has 0 bridgehead atoms. The quantitative estimate of drug-likeness (QED) is 0.710. The average Bonchev–Trinajstić information content (AvgIpc) is 2.19. The Hall–Kier alpha value is -1.35. The maximum atomic E-state index is 11.2. The van der Waals surface area contributed by atoms with E-state index >= 15 is 0 Å². The van der Waals surface area contributed by atoms with Crippen LogP contribution in [0.15, 0.2) is 18.2 Å². The summed E-state index contributed by atoms with van der Waals surface area (Å²) >= 11 is 0. The summed E-state index contributed by atoms with van der Waals surface area (Å²) < 4.78 is 5.19. The molecule has 3 nitrogen and oxygen atoms in total. The molecule has 1 aliphatic rings. The molecule has 0 atom stereocenters. The van der Waals surface area contributed by atoms with Gasteiger partial charge in [-0.15, -0.1) is 0 Å². The van der Waals surface area contributed by atoms with Gasteiger partial charge >= 0.3 is 0 Å². The van der Waals surface area contributed by atoms with E-state index in [2.05, 4.69) is 0 Å². The summed E-state index contributed by atoms with van der Waals surface area (Å²) in [6, 6.07) is 5.80. The third-order valence-electron chi connectivity index (χ3n) is 2.49. The lowest BCUT2D eigenvalue weighted by Crippen LogP contribution is -2.14. The van der Waals surface area contributed by atoms with Crippen molar-refractivity contribution in [2.75, 3.05) is 6.73 Å². The second-order valence-corrected chi connectivity index (χ2v) is 3.46. The van der Waals surface area contributed by atoms with E-state index < -0.39 is 0 Å². The highest BCUT2D eigenvalue weighted by atomic mass is 16.5. The molecule has 3 heteroatoms. The Bertz CT molecular complexity index is 360. The molecule has 74 valence electrons. The molecule has 0 radical (unpaired) electrons. The molecule has 1 aromatic carbocycles. The minimum absolute atomic E-state index is 0.192. The summed E-state index contributed by atoms with van der Waals surface area (Å²) in [5.74, 6) is 1.12. The summed E-state index contributed by atoms with van der Waals surface area (Å²) in [6.07, 6.45) is 2.05. The molecular weight excluding hydrogens is 178 g/mol. The van der Waals surface area contributed by atoms with Crippen LogP contribution in [-0.2, 0) is 17.6 Å². The fourth-order valence-electron chi connectivity index (χ4n) is 1.77. The van der Waals surface area contributed by atoms with Crippen molar-refractivity contribution in [2.45, 2.75) is 19.3 Å². The molecule has 0 amide bonds. The molecule has 0 aliphatic heterocycles. The SMILES string of the molecule is NCOc1ccc2c(c1)CCC(=O)C2. The van der Waals surface area contributed by atoms with Crippen molar-refractivity contribution in [1.29, 1.82) is 0 Å². The lowest BCUT2D eigenvalue weighted by Gasteiger charge is -2.15. The molecule has 0 aromatic heterocycles. The highest BCUT2D eigenvalue weighted by Gasteiger charge is 2.15. The van der Waals surface area contributed by atoms with Crippen LogP contribution in [0, 0.1) is 0 Å². The Balaban J connectivity index is 2.26. The van der Waals surface area contributed by atoms with Crippen LogP contribution in [0.5, 0.6) is 5.75 Å². The molecule has 0 fully saturated rings. The van der Waals surface area contributed by atoms with Crippen LogP contribution in [0.4, 0.5) is 0 Å². The van der Waals surface area contributed by atoms with Crippen LogP contribution in [0.1, 0.15) is 17.5 Å². The van der Waals surface area contributed by atoms with E-state index in [-0.39, 0.29) is 6.73 Å². The molecule has 1 aromatic rings. The fourth-order valence-corrected chi connectivity index (χ4v) is 1.77. The first-order valence-electron chi connectivity index (χ1n) is 4.76. The van der Waals surface area contributed by atoms with Gasteiger partial charge in [0.15, 0.2) is 0 Å². The van der Waals surface area contributed by atoms with Gasteiger partial charge in [0, 0.05) is 12.8 Å². The molecule has 0 saturated heterocycles. The van der Waals surface area contributed by atoms with Crippen molar-refractivity contribution >= 4 is 5.78 Å². The van der Waals surface area contributed by atoms with E-state index in [1.165, 1.54) is 5.56 Å². The number of rotatable bonds is 2. The van der Waals surface area contributed by atoms with Gasteiger partial charge in [-0.05, 0) is 29.7 Å². The van der Waals surface area contributed by atoms with Crippen molar-refractivity contribution < 1.29 is 9.53 Å². The Kier molecular flexibility index (Phi) is 2.50. The molecule has 0 spiro atoms. The van der Waals surface area contributed by atoms with E-state index in [0.29, 0.717) is 18.6 Å². The predicted octanol–water partition coefficient (Wildman–Crippen LogP) is 1.04. The van der Waals surface area contributed by atoms with Crippen molar-refractivity contribution in [3.63, 3.8) is 0 Å². The number of carbonyl (C=O) groups excluding carboxylic acids is 1. The van der Waals surface area contributed by atoms with Gasteiger partial charge in [-0.1, -0.05) is 6.07 Å². The van der Waals surface area contributed by atoms with E-state index in [0.717, 1.165) is 17.7 Å². The maximum absolute atomic E-state index is 11.2. The largest absolute Gasteiger partial charge is 0.479 e. The highest BCUT2D eigenvalue weighted by molar-refractivity contribution is 5.83. The fraction of sp³-hybridized carbons (Fsp3) is 0.364. The number of aryl methyl sites for hydroxylation is 1. The van der Waals surface area contributed by atoms with Crippen molar-refractivity contribution in [3.05, 3.63) is 29.3 Å². The van der Waals surface area contributed by atoms with Gasteiger partial charge in [-0.2, -0.15) is 0 Å². The van der Waals surface area contributed by atoms with E-state index in [4.69, 9.17) is 10.5 Å². The minimum Gasteiger partial charge on any atom is -0.479 e. The van der Waals surface area contributed by atoms with Crippen molar-refractivity contribution in [1.82, 2.24) is 0 Å². The maximum Gasteiger partial charge on any atom is 0.137 e. The number of nitrogens with two attached hydrogens (primary N) is 1. The van der Waals surface area contributed by atoms with Crippen LogP contribution in [0.25, 0.3) is 0 Å². The lowest BCUT2D eigenvalue weighted by molar-refractivity contribution is -0.118. The average molecular weight is 191 g/mol. The van der Waals surface area contributed by atoms with Crippen LogP contribution in [0.3, 0.4) is 0 Å². The van der Waals surface area contributed by atoms with Crippen LogP contribution in [0.2, 0.25) is 0 Å². The number of fused-ring (bicyclic) bond motifs is 1. The third kappa shape index (κ3) is 1.77. The van der Waals surface area contributed by atoms with Crippen molar-refractivity contribution in [2.24, 2.45) is 5.73 Å². The van der Waals surface area contributed by atoms with Crippen LogP contribution < -0.4 is 10.5 Å². The first kappa shape index (κ1) is 9.21. The monoisotopic (exact) mass is 191 g/mol. The van der Waals surface area contributed by atoms with Gasteiger partial charge in [-0.25, -0.2) is 0 Å². The third-order valence-corrected chi connectivity index (χ3v) is 2.49. The molecule has 0 saturated carbocycles. The van der Waals surface area contributed by atoms with Gasteiger partial charge in [0.05, 0.1) is 0 Å². The molecule has 2 rings (SSSR count). The van der Waals surface area contributed by atoms with Gasteiger partial charge in [0.25, 0.3) is 0 Å². The van der Waals surface area contributed by atoms with Gasteiger partial charge in [-0.3, -0.25) is 10.5 Å². The Morgan fingerprint density at radius 3 is 2.93 bits per heavy atom. The van der Waals surface area contributed by atoms with E-state index in [9.17, 15) is 4.79 Å². The van der Waals surface area contributed by atoms with Gasteiger partial charge in [0.1, 0.15) is 18.3 Å². The van der Waals surface area contributed by atoms with Crippen molar-refractivity contribution in [3.8, 4) is 5.75 Å². The highest BCUT2D eigenvalue weighted by Crippen LogP contribution is 2.23. The number of ether oxygens (including phenoxy) is 1. The first-order chi connectivity index (χ1) is 6.79. The van der Waals surface area contributed by atoms with Crippen LogP contribution in [-0.4, -0.2) is 12.5 Å². The number of ketones is 1. The molecular formula is C11H13NO2. The Morgan fingerprint density at radius 1 is 1.29 bits per heavy atom. The Morgan fingerprint density at radius 2 is 2.14 bits per heavy atom. The predicted molar refractivity (Wildman–Crippen MR) is 53.2 cm³/mol. The molecule has 0 unspecified atom stereocenters. The second-order valence-electron chi connectivity index (χ2n) is 3.46. The van der Waals surface area contributed by atoms with E-state index in [1.807, 2.05) is 18.2 Å². The van der Waals surface area contributed by atoms with Crippen LogP contribution >= 0.6 is 0 Å². The molecule has 0 heterocycles. The summed E-state index contributed by atoms with van der Waals surface area (Å²) in [6.45, 7) is 0.192. The number of hydrogen-bond donors (Lipinski definition) is 1. The standard InChI is InChI=1S/C11H13NO2/c12-7-14-11-4-2-8-5-10(13)3-1-9(8)6-11/h2,4,6H,1,3,5,7,12H2. The van der Waals surface area contributed by atoms with E-state index in [1.54, 1.807) is 0 Å². The summed E-state index contributed by atoms with van der Waals surface area (Å²) in [5.41, 5.74) is 7.63. The normalized spacial score (nSPS) is 15.1. The molecule has 14 heavy (non-hydrogen) atoms. The van der Waals surface area contributed by atoms with Gasteiger partial charge < -0.3 is 4.74 Å². The topological polar surface area (TPSA) is 52.3 Å². The number of hydrogen-bond acceptors (Lipinski definition) is 3. The number of carbonyl (C=O) groups is 1. The zero-order chi connectivity index (χ0) is 9.97. The summed E-state index contributed by atoms with van der Waals surface area (Å²) in [5, 5.41) is 0. The smallest absolute Gasteiger partial charge is 0.137 e. The second kappa shape index (κ2) is 3.80. The Labute approximate surface area is 82.9 Å². The zero-order valence-electron chi connectivity index (χ0n) is 7.95. The van der Waals surface area contributed by atoms with Gasteiger partial charge in [0.2, 0.25) is 0 Å².